The summed E-state index contributed by atoms with van der Waals surface area (Å²) in [5.41, 5.74) is -0.217. The molecule has 1 unspecified atom stereocenters. The van der Waals surface area contributed by atoms with E-state index in [1.54, 1.807) is 20.8 Å². The number of benzene rings is 1. The second-order valence-electron chi connectivity index (χ2n) is 12.1. The van der Waals surface area contributed by atoms with Crippen LogP contribution in [0.25, 0.3) is 0 Å². The minimum Gasteiger partial charge on any atom is -0.446 e. The van der Waals surface area contributed by atoms with Gasteiger partial charge in [-0.05, 0) is 91.8 Å². The average molecular weight is 543 g/mol. The van der Waals surface area contributed by atoms with E-state index in [0.29, 0.717) is 0 Å². The number of ether oxygens (including phenoxy) is 1. The van der Waals surface area contributed by atoms with E-state index in [2.05, 4.69) is 11.8 Å². The summed E-state index contributed by atoms with van der Waals surface area (Å²) in [6.07, 6.45) is -0.264. The summed E-state index contributed by atoms with van der Waals surface area (Å²) in [7, 11) is -10.8. The van der Waals surface area contributed by atoms with Crippen molar-refractivity contribution in [1.82, 2.24) is 0 Å². The Bertz CT molecular complexity index is 929. The number of esters is 1. The van der Waals surface area contributed by atoms with E-state index >= 15 is 0 Å². The third-order valence-electron chi connectivity index (χ3n) is 4.02. The predicted octanol–water partition coefficient (Wildman–Crippen LogP) is 7.21. The molecule has 6 nitrogen and oxygen atoms in total. The van der Waals surface area contributed by atoms with Crippen molar-refractivity contribution in [3.05, 3.63) is 35.9 Å². The van der Waals surface area contributed by atoms with Crippen LogP contribution in [0.2, 0.25) is 58.9 Å². The largest absolute Gasteiger partial charge is 0.446 e. The van der Waals surface area contributed by atoms with Crippen molar-refractivity contribution in [2.45, 2.75) is 97.1 Å². The molecule has 0 N–H and O–H groups in total. The third kappa shape index (κ3) is 11.2. The van der Waals surface area contributed by atoms with Crippen molar-refractivity contribution in [3.8, 4) is 11.8 Å². The van der Waals surface area contributed by atoms with Crippen LogP contribution in [0.3, 0.4) is 0 Å². The zero-order chi connectivity index (χ0) is 26.6. The summed E-state index contributed by atoms with van der Waals surface area (Å²) in [5, 5.41) is -1.47. The Labute approximate surface area is 210 Å². The highest BCUT2D eigenvalue weighted by molar-refractivity contribution is 7.58. The number of rotatable bonds is 10. The molecule has 0 amide bonds. The standard InChI is InChI=1S/C24H43O6PSi3/c1-23(2,19-18-21-16-14-13-15-17-21)27-22(25)20-24(3,28-32(4,5)6)31(26,29-33(7,8)9)30-34(10,11)12/h13-17H,20H2,1-12H3. The zero-order valence-electron chi connectivity index (χ0n) is 23.0. The first-order valence-corrected chi connectivity index (χ1v) is 23.3. The van der Waals surface area contributed by atoms with Crippen molar-refractivity contribution >= 4 is 38.5 Å². The Morgan fingerprint density at radius 3 is 1.74 bits per heavy atom. The molecule has 0 saturated carbocycles. The van der Waals surface area contributed by atoms with Gasteiger partial charge in [-0.2, -0.15) is 0 Å². The summed E-state index contributed by atoms with van der Waals surface area (Å²) >= 11 is 0. The van der Waals surface area contributed by atoms with E-state index in [1.807, 2.05) is 89.3 Å². The molecule has 0 fully saturated rings. The second kappa shape index (κ2) is 11.0. The van der Waals surface area contributed by atoms with Crippen LogP contribution in [-0.2, 0) is 26.9 Å². The van der Waals surface area contributed by atoms with E-state index in [4.69, 9.17) is 17.6 Å². The van der Waals surface area contributed by atoms with Gasteiger partial charge in [-0.3, -0.25) is 9.36 Å². The quantitative estimate of drug-likeness (QED) is 0.135. The summed E-state index contributed by atoms with van der Waals surface area (Å²) in [4.78, 5) is 13.2. The van der Waals surface area contributed by atoms with E-state index in [9.17, 15) is 9.36 Å². The number of carbonyl (C=O) groups is 1. The molecule has 0 saturated heterocycles. The molecule has 0 spiro atoms. The topological polar surface area (TPSA) is 71.1 Å². The van der Waals surface area contributed by atoms with E-state index in [0.717, 1.165) is 5.56 Å². The minimum atomic E-state index is -3.86. The van der Waals surface area contributed by atoms with Gasteiger partial charge in [0.2, 0.25) is 0 Å². The number of carbonyl (C=O) groups excluding carboxylic acids is 1. The van der Waals surface area contributed by atoms with Crippen molar-refractivity contribution in [1.29, 1.82) is 0 Å². The molecule has 1 rings (SSSR count). The lowest BCUT2D eigenvalue weighted by Gasteiger charge is -2.44. The molecular formula is C24H43O6PSi3. The molecule has 192 valence electrons. The Hall–Kier alpha value is -0.989. The first-order chi connectivity index (χ1) is 15.1. The Morgan fingerprint density at radius 2 is 1.32 bits per heavy atom. The van der Waals surface area contributed by atoms with Gasteiger partial charge >= 0.3 is 13.6 Å². The maximum atomic E-state index is 14.4. The number of hydrogen-bond donors (Lipinski definition) is 0. The van der Waals surface area contributed by atoms with Crippen molar-refractivity contribution in [2.24, 2.45) is 0 Å². The smallest absolute Gasteiger partial charge is 0.342 e. The van der Waals surface area contributed by atoms with Gasteiger partial charge in [-0.1, -0.05) is 30.0 Å². The normalized spacial score (nSPS) is 15.2. The highest BCUT2D eigenvalue weighted by atomic mass is 31.2. The molecule has 1 atom stereocenters. The lowest BCUT2D eigenvalue weighted by molar-refractivity contribution is -0.154. The molecule has 0 bridgehead atoms. The average Bonchev–Trinajstić information content (AvgIpc) is 2.55. The molecule has 0 aromatic heterocycles. The maximum Gasteiger partial charge on any atom is 0.342 e. The van der Waals surface area contributed by atoms with Crippen LogP contribution in [0.5, 0.6) is 0 Å². The van der Waals surface area contributed by atoms with Crippen molar-refractivity contribution in [3.63, 3.8) is 0 Å². The van der Waals surface area contributed by atoms with Gasteiger partial charge in [0.05, 0.1) is 6.42 Å². The third-order valence-corrected chi connectivity index (χ3v) is 13.0. The highest BCUT2D eigenvalue weighted by Gasteiger charge is 2.55. The van der Waals surface area contributed by atoms with E-state index in [1.165, 1.54) is 0 Å². The van der Waals surface area contributed by atoms with Crippen molar-refractivity contribution in [2.75, 3.05) is 0 Å². The Kier molecular flexibility index (Phi) is 10.0. The van der Waals surface area contributed by atoms with Gasteiger partial charge < -0.3 is 17.6 Å². The van der Waals surface area contributed by atoms with Crippen LogP contribution in [0.1, 0.15) is 32.8 Å². The van der Waals surface area contributed by atoms with Crippen LogP contribution < -0.4 is 0 Å². The highest BCUT2D eigenvalue weighted by Crippen LogP contribution is 2.65. The van der Waals surface area contributed by atoms with Crippen LogP contribution in [0.15, 0.2) is 30.3 Å². The fourth-order valence-corrected chi connectivity index (χ4v) is 13.9. The van der Waals surface area contributed by atoms with Gasteiger partial charge in [-0.15, -0.1) is 0 Å². The van der Waals surface area contributed by atoms with E-state index in [-0.39, 0.29) is 6.42 Å². The maximum absolute atomic E-state index is 14.4. The fraction of sp³-hybridized carbons (Fsp3) is 0.625. The molecule has 0 aliphatic heterocycles. The van der Waals surface area contributed by atoms with Gasteiger partial charge in [0.15, 0.2) is 35.9 Å². The molecule has 0 aliphatic carbocycles. The minimum absolute atomic E-state index is 0.264. The summed E-state index contributed by atoms with van der Waals surface area (Å²) in [6, 6.07) is 9.50. The van der Waals surface area contributed by atoms with Gasteiger partial charge in [0, 0.05) is 5.56 Å². The van der Waals surface area contributed by atoms with Crippen molar-refractivity contribution < 1.29 is 26.9 Å². The summed E-state index contributed by atoms with van der Waals surface area (Å²) in [6.45, 7) is 22.8. The van der Waals surface area contributed by atoms with Gasteiger partial charge in [-0.25, -0.2) is 0 Å². The molecular weight excluding hydrogens is 499 g/mol. The Balaban J connectivity index is 3.32. The lowest BCUT2D eigenvalue weighted by Crippen LogP contribution is -2.47. The first-order valence-electron chi connectivity index (χ1n) is 11.6. The molecule has 0 aliphatic rings. The monoisotopic (exact) mass is 542 g/mol. The fourth-order valence-electron chi connectivity index (χ4n) is 3.14. The molecule has 0 heterocycles. The van der Waals surface area contributed by atoms with Crippen LogP contribution in [0.4, 0.5) is 0 Å². The lowest BCUT2D eigenvalue weighted by atomic mass is 10.1. The van der Waals surface area contributed by atoms with Crippen LogP contribution in [-0.4, -0.2) is 41.9 Å². The zero-order valence-corrected chi connectivity index (χ0v) is 26.9. The SMILES string of the molecule is CC(C)(C#Cc1ccccc1)OC(=O)CC(C)(O[Si](C)(C)C)P(=O)(O[Si](C)(C)C)O[Si](C)(C)C. The van der Waals surface area contributed by atoms with Crippen LogP contribution in [0, 0.1) is 11.8 Å². The van der Waals surface area contributed by atoms with Gasteiger partial charge in [0.1, 0.15) is 0 Å². The van der Waals surface area contributed by atoms with Crippen LogP contribution >= 0.6 is 7.60 Å². The first kappa shape index (κ1) is 31.0. The molecule has 0 radical (unpaired) electrons. The molecule has 1 aromatic rings. The predicted molar refractivity (Wildman–Crippen MR) is 147 cm³/mol. The summed E-state index contributed by atoms with van der Waals surface area (Å²) < 4.78 is 39.0. The molecule has 1 aromatic carbocycles. The second-order valence-corrected chi connectivity index (χ2v) is 28.4. The van der Waals surface area contributed by atoms with E-state index < -0.39 is 49.5 Å². The number of hydrogen-bond acceptors (Lipinski definition) is 6. The molecule has 10 heteroatoms. The van der Waals surface area contributed by atoms with Gasteiger partial charge in [0.25, 0.3) is 0 Å². The molecule has 34 heavy (non-hydrogen) atoms. The summed E-state index contributed by atoms with van der Waals surface area (Å²) in [5.74, 6) is 5.49. The Morgan fingerprint density at radius 1 is 0.853 bits per heavy atom.